The van der Waals surface area contributed by atoms with Crippen LogP contribution in [0.3, 0.4) is 0 Å². The SMILES string of the molecule is CCCNc1ncc([N+](=O)[O-])c(NCCC(C)S(C)=O)n1. The van der Waals surface area contributed by atoms with E-state index in [-0.39, 0.29) is 16.8 Å². The number of aromatic nitrogens is 2. The van der Waals surface area contributed by atoms with Crippen molar-refractivity contribution in [3.05, 3.63) is 16.3 Å². The van der Waals surface area contributed by atoms with Gasteiger partial charge in [-0.25, -0.2) is 4.98 Å². The van der Waals surface area contributed by atoms with Gasteiger partial charge in [0.2, 0.25) is 11.8 Å². The summed E-state index contributed by atoms with van der Waals surface area (Å²) >= 11 is 0. The Labute approximate surface area is 126 Å². The molecule has 9 heteroatoms. The van der Waals surface area contributed by atoms with E-state index in [1.165, 1.54) is 6.20 Å². The van der Waals surface area contributed by atoms with Crippen LogP contribution in [0.5, 0.6) is 0 Å². The minimum Gasteiger partial charge on any atom is -0.364 e. The standard InChI is InChI=1S/C12H21N5O3S/c1-4-6-14-12-15-8-10(17(18)19)11(16-12)13-7-5-9(2)21(3)20/h8-9H,4-7H2,1-3H3,(H2,13,14,15,16). The Hall–Kier alpha value is -1.77. The van der Waals surface area contributed by atoms with Gasteiger partial charge in [0.25, 0.3) is 0 Å². The molecule has 0 saturated heterocycles. The van der Waals surface area contributed by atoms with Gasteiger partial charge >= 0.3 is 5.69 Å². The molecule has 2 N–H and O–H groups in total. The predicted molar refractivity (Wildman–Crippen MR) is 84.1 cm³/mol. The normalized spacial score (nSPS) is 13.5. The van der Waals surface area contributed by atoms with Crippen molar-refractivity contribution >= 4 is 28.3 Å². The summed E-state index contributed by atoms with van der Waals surface area (Å²) in [6.45, 7) is 5.04. The van der Waals surface area contributed by atoms with Gasteiger partial charge in [-0.15, -0.1) is 0 Å². The fourth-order valence-electron chi connectivity index (χ4n) is 1.52. The van der Waals surface area contributed by atoms with Crippen molar-refractivity contribution in [1.29, 1.82) is 0 Å². The maximum atomic E-state index is 11.3. The van der Waals surface area contributed by atoms with E-state index in [1.54, 1.807) is 6.26 Å². The highest BCUT2D eigenvalue weighted by Crippen LogP contribution is 2.22. The molecule has 1 aromatic heterocycles. The lowest BCUT2D eigenvalue weighted by molar-refractivity contribution is -0.384. The molecule has 0 fully saturated rings. The summed E-state index contributed by atoms with van der Waals surface area (Å²) in [6, 6.07) is 0. The first-order valence-electron chi connectivity index (χ1n) is 6.77. The summed E-state index contributed by atoms with van der Waals surface area (Å²) in [5.74, 6) is 0.541. The Morgan fingerprint density at radius 2 is 2.14 bits per heavy atom. The molecule has 1 heterocycles. The zero-order chi connectivity index (χ0) is 15.8. The van der Waals surface area contributed by atoms with Crippen molar-refractivity contribution in [2.24, 2.45) is 0 Å². The summed E-state index contributed by atoms with van der Waals surface area (Å²) in [7, 11) is -0.910. The fraction of sp³-hybridized carbons (Fsp3) is 0.667. The molecule has 0 saturated carbocycles. The highest BCUT2D eigenvalue weighted by atomic mass is 32.2. The van der Waals surface area contributed by atoms with Crippen LogP contribution in [0.2, 0.25) is 0 Å². The number of hydrogen-bond acceptors (Lipinski definition) is 7. The molecule has 0 aliphatic heterocycles. The van der Waals surface area contributed by atoms with Gasteiger partial charge in [0.15, 0.2) is 0 Å². The molecule has 118 valence electrons. The third-order valence-corrected chi connectivity index (χ3v) is 4.28. The van der Waals surface area contributed by atoms with Crippen molar-refractivity contribution in [1.82, 2.24) is 9.97 Å². The van der Waals surface area contributed by atoms with Crippen LogP contribution < -0.4 is 10.6 Å². The molecule has 0 aromatic carbocycles. The third kappa shape index (κ3) is 5.62. The average molecular weight is 315 g/mol. The number of rotatable bonds is 9. The number of nitrogens with zero attached hydrogens (tertiary/aromatic N) is 3. The zero-order valence-electron chi connectivity index (χ0n) is 12.5. The smallest absolute Gasteiger partial charge is 0.329 e. The van der Waals surface area contributed by atoms with Gasteiger partial charge in [0.1, 0.15) is 6.20 Å². The number of nitro groups is 1. The molecule has 0 aliphatic rings. The van der Waals surface area contributed by atoms with Crippen LogP contribution in [0.25, 0.3) is 0 Å². The van der Waals surface area contributed by atoms with E-state index in [1.807, 2.05) is 13.8 Å². The first-order chi connectivity index (χ1) is 9.95. The summed E-state index contributed by atoms with van der Waals surface area (Å²) in [5.41, 5.74) is -0.165. The Morgan fingerprint density at radius 3 is 2.71 bits per heavy atom. The fourth-order valence-corrected chi connectivity index (χ4v) is 1.97. The molecule has 8 nitrogen and oxygen atoms in total. The van der Waals surface area contributed by atoms with E-state index < -0.39 is 15.7 Å². The van der Waals surface area contributed by atoms with Gasteiger partial charge in [0, 0.05) is 35.4 Å². The average Bonchev–Trinajstić information content (AvgIpc) is 2.44. The molecule has 1 aromatic rings. The molecule has 21 heavy (non-hydrogen) atoms. The second-order valence-corrected chi connectivity index (χ2v) is 6.44. The van der Waals surface area contributed by atoms with Crippen LogP contribution in [0, 0.1) is 10.1 Å². The van der Waals surface area contributed by atoms with Gasteiger partial charge in [-0.1, -0.05) is 13.8 Å². The lowest BCUT2D eigenvalue weighted by Crippen LogP contribution is -2.16. The molecule has 0 aliphatic carbocycles. The van der Waals surface area contributed by atoms with Crippen molar-refractivity contribution in [2.75, 3.05) is 30.0 Å². The largest absolute Gasteiger partial charge is 0.364 e. The summed E-state index contributed by atoms with van der Waals surface area (Å²) in [5, 5.41) is 16.9. The van der Waals surface area contributed by atoms with Crippen LogP contribution in [0.4, 0.5) is 17.5 Å². The monoisotopic (exact) mass is 315 g/mol. The molecule has 0 spiro atoms. The molecule has 1 rings (SSSR count). The maximum Gasteiger partial charge on any atom is 0.329 e. The number of anilines is 2. The lowest BCUT2D eigenvalue weighted by atomic mass is 10.3. The van der Waals surface area contributed by atoms with E-state index in [9.17, 15) is 14.3 Å². The molecule has 2 unspecified atom stereocenters. The molecule has 0 radical (unpaired) electrons. The highest BCUT2D eigenvalue weighted by Gasteiger charge is 2.17. The minimum absolute atomic E-state index is 0.0241. The van der Waals surface area contributed by atoms with Crippen LogP contribution in [-0.2, 0) is 10.8 Å². The van der Waals surface area contributed by atoms with E-state index in [0.717, 1.165) is 6.42 Å². The zero-order valence-corrected chi connectivity index (χ0v) is 13.3. The van der Waals surface area contributed by atoms with Crippen LogP contribution in [-0.4, -0.2) is 43.7 Å². The number of nitrogens with one attached hydrogen (secondary N) is 2. The van der Waals surface area contributed by atoms with Crippen molar-refractivity contribution in [3.8, 4) is 0 Å². The first-order valence-corrected chi connectivity index (χ1v) is 8.39. The van der Waals surface area contributed by atoms with Crippen molar-refractivity contribution in [2.45, 2.75) is 31.9 Å². The second-order valence-electron chi connectivity index (χ2n) is 4.64. The van der Waals surface area contributed by atoms with E-state index in [2.05, 4.69) is 20.6 Å². The maximum absolute atomic E-state index is 11.3. The van der Waals surface area contributed by atoms with Crippen LogP contribution >= 0.6 is 0 Å². The molecule has 0 amide bonds. The van der Waals surface area contributed by atoms with Gasteiger partial charge in [-0.3, -0.25) is 14.3 Å². The third-order valence-electron chi connectivity index (χ3n) is 2.91. The van der Waals surface area contributed by atoms with E-state index >= 15 is 0 Å². The Bertz CT molecular complexity index is 512. The van der Waals surface area contributed by atoms with Crippen LogP contribution in [0.1, 0.15) is 26.7 Å². The molecule has 2 atom stereocenters. The van der Waals surface area contributed by atoms with E-state index in [0.29, 0.717) is 25.5 Å². The minimum atomic E-state index is -0.910. The predicted octanol–water partition coefficient (Wildman–Crippen LogP) is 1.78. The van der Waals surface area contributed by atoms with Gasteiger partial charge in [-0.2, -0.15) is 4.98 Å². The van der Waals surface area contributed by atoms with Gasteiger partial charge in [0.05, 0.1) is 4.92 Å². The second kappa shape index (κ2) is 8.50. The summed E-state index contributed by atoms with van der Waals surface area (Å²) in [6.07, 6.45) is 4.38. The Morgan fingerprint density at radius 1 is 1.43 bits per heavy atom. The van der Waals surface area contributed by atoms with Gasteiger partial charge < -0.3 is 10.6 Å². The topological polar surface area (TPSA) is 110 Å². The first kappa shape index (κ1) is 17.3. The van der Waals surface area contributed by atoms with Crippen molar-refractivity contribution in [3.63, 3.8) is 0 Å². The Kier molecular flexibility index (Phi) is 7.00. The molecular formula is C12H21N5O3S. The summed E-state index contributed by atoms with van der Waals surface area (Å²) < 4.78 is 11.3. The van der Waals surface area contributed by atoms with Crippen LogP contribution in [0.15, 0.2) is 6.20 Å². The van der Waals surface area contributed by atoms with E-state index in [4.69, 9.17) is 0 Å². The molecular weight excluding hydrogens is 294 g/mol. The quantitative estimate of drug-likeness (QED) is 0.528. The highest BCUT2D eigenvalue weighted by molar-refractivity contribution is 7.84. The number of hydrogen-bond donors (Lipinski definition) is 2. The Balaban J connectivity index is 2.76. The lowest BCUT2D eigenvalue weighted by Gasteiger charge is -2.11. The van der Waals surface area contributed by atoms with Gasteiger partial charge in [-0.05, 0) is 12.8 Å². The van der Waals surface area contributed by atoms with Crippen molar-refractivity contribution < 1.29 is 9.13 Å². The summed E-state index contributed by atoms with van der Waals surface area (Å²) in [4.78, 5) is 18.5. The molecule has 0 bridgehead atoms.